The maximum atomic E-state index is 12.0. The summed E-state index contributed by atoms with van der Waals surface area (Å²) < 4.78 is 5.22. The van der Waals surface area contributed by atoms with Gasteiger partial charge in [-0.05, 0) is 12.5 Å². The number of hydrogen-bond acceptors (Lipinski definition) is 3. The molecule has 0 aromatic heterocycles. The minimum atomic E-state index is -0.236. The number of hydrogen-bond donors (Lipinski definition) is 2. The van der Waals surface area contributed by atoms with Crippen LogP contribution < -0.4 is 10.6 Å². The van der Waals surface area contributed by atoms with Crippen molar-refractivity contribution in [1.82, 2.24) is 15.5 Å². The fraction of sp³-hybridized carbons (Fsp3) is 0.556. The van der Waals surface area contributed by atoms with Crippen molar-refractivity contribution in [3.63, 3.8) is 0 Å². The van der Waals surface area contributed by atoms with E-state index in [0.29, 0.717) is 39.3 Å². The van der Waals surface area contributed by atoms with E-state index >= 15 is 0 Å². The lowest BCUT2D eigenvalue weighted by atomic mass is 9.95. The number of nitrogens with one attached hydrogen (secondary N) is 2. The average Bonchev–Trinajstić information content (AvgIpc) is 2.62. The molecule has 0 bridgehead atoms. The fourth-order valence-corrected chi connectivity index (χ4v) is 2.68. The van der Waals surface area contributed by atoms with Crippen molar-refractivity contribution in [2.75, 3.05) is 32.8 Å². The summed E-state index contributed by atoms with van der Waals surface area (Å²) in [6.45, 7) is 6.86. The third kappa shape index (κ3) is 5.53. The van der Waals surface area contributed by atoms with Crippen LogP contribution in [0, 0.1) is 0 Å². The number of carbonyl (C=O) groups is 2. The average molecular weight is 333 g/mol. The maximum absolute atomic E-state index is 12.0. The van der Waals surface area contributed by atoms with Crippen molar-refractivity contribution in [2.24, 2.45) is 0 Å². The molecule has 132 valence electrons. The molecule has 0 aliphatic carbocycles. The molecule has 0 radical (unpaired) electrons. The molecular formula is C18H27N3O3. The van der Waals surface area contributed by atoms with Gasteiger partial charge in [0.25, 0.3) is 0 Å². The topological polar surface area (TPSA) is 70.7 Å². The number of urea groups is 1. The highest BCUT2D eigenvalue weighted by Crippen LogP contribution is 2.18. The molecule has 1 aromatic rings. The first-order valence-electron chi connectivity index (χ1n) is 8.52. The van der Waals surface area contributed by atoms with Gasteiger partial charge in [-0.15, -0.1) is 0 Å². The molecular weight excluding hydrogens is 306 g/mol. The first kappa shape index (κ1) is 18.3. The molecule has 1 fully saturated rings. The van der Waals surface area contributed by atoms with Crippen molar-refractivity contribution >= 4 is 11.9 Å². The summed E-state index contributed by atoms with van der Waals surface area (Å²) in [5.41, 5.74) is 1.19. The molecule has 6 nitrogen and oxygen atoms in total. The van der Waals surface area contributed by atoms with Gasteiger partial charge in [-0.1, -0.05) is 37.3 Å². The second kappa shape index (κ2) is 9.27. The van der Waals surface area contributed by atoms with E-state index in [1.165, 1.54) is 5.56 Å². The summed E-state index contributed by atoms with van der Waals surface area (Å²) in [6.07, 6.45) is 0.316. The third-order valence-corrected chi connectivity index (χ3v) is 4.42. The van der Waals surface area contributed by atoms with Gasteiger partial charge in [-0.3, -0.25) is 4.79 Å². The highest BCUT2D eigenvalue weighted by molar-refractivity contribution is 5.78. The first-order chi connectivity index (χ1) is 11.6. The smallest absolute Gasteiger partial charge is 0.315 e. The minimum absolute atomic E-state index is 0.00217. The lowest BCUT2D eigenvalue weighted by molar-refractivity contribution is -0.135. The number of nitrogens with zero attached hydrogens (tertiary/aromatic N) is 1. The quantitative estimate of drug-likeness (QED) is 0.833. The fourth-order valence-electron chi connectivity index (χ4n) is 2.68. The summed E-state index contributed by atoms with van der Waals surface area (Å²) in [5, 5.41) is 5.70. The molecule has 0 spiro atoms. The van der Waals surface area contributed by atoms with Crippen molar-refractivity contribution < 1.29 is 14.3 Å². The summed E-state index contributed by atoms with van der Waals surface area (Å²) >= 11 is 0. The highest BCUT2D eigenvalue weighted by atomic mass is 16.5. The van der Waals surface area contributed by atoms with E-state index in [1.807, 2.05) is 25.1 Å². The van der Waals surface area contributed by atoms with Gasteiger partial charge in [0.2, 0.25) is 5.91 Å². The SMILES string of the molecule is C[C@@H](NC(=O)NCCC(=O)N1CCOCC1)[C@@H](C)c1ccccc1. The molecule has 0 unspecified atom stereocenters. The molecule has 6 heteroatoms. The Hall–Kier alpha value is -2.08. The molecule has 2 N–H and O–H groups in total. The van der Waals surface area contributed by atoms with E-state index < -0.39 is 0 Å². The minimum Gasteiger partial charge on any atom is -0.378 e. The molecule has 2 rings (SSSR count). The molecule has 1 saturated heterocycles. The van der Waals surface area contributed by atoms with Gasteiger partial charge in [0, 0.05) is 38.0 Å². The number of morpholine rings is 1. The van der Waals surface area contributed by atoms with E-state index in [1.54, 1.807) is 4.90 Å². The Bertz CT molecular complexity index is 530. The van der Waals surface area contributed by atoms with Crippen molar-refractivity contribution in [3.05, 3.63) is 35.9 Å². The zero-order valence-electron chi connectivity index (χ0n) is 14.5. The monoisotopic (exact) mass is 333 g/mol. The number of ether oxygens (including phenoxy) is 1. The largest absolute Gasteiger partial charge is 0.378 e. The van der Waals surface area contributed by atoms with Crippen LogP contribution in [0.2, 0.25) is 0 Å². The zero-order chi connectivity index (χ0) is 17.4. The van der Waals surface area contributed by atoms with E-state index in [2.05, 4.69) is 29.7 Å². The van der Waals surface area contributed by atoms with Crippen LogP contribution in [0.15, 0.2) is 30.3 Å². The first-order valence-corrected chi connectivity index (χ1v) is 8.52. The van der Waals surface area contributed by atoms with Crippen molar-refractivity contribution in [3.8, 4) is 0 Å². The Morgan fingerprint density at radius 2 is 1.83 bits per heavy atom. The summed E-state index contributed by atoms with van der Waals surface area (Å²) in [7, 11) is 0. The molecule has 1 aliphatic heterocycles. The number of amides is 3. The van der Waals surface area contributed by atoms with Crippen LogP contribution in [0.25, 0.3) is 0 Å². The molecule has 0 saturated carbocycles. The number of carbonyl (C=O) groups excluding carboxylic acids is 2. The second-order valence-corrected chi connectivity index (χ2v) is 6.13. The highest BCUT2D eigenvalue weighted by Gasteiger charge is 2.18. The van der Waals surface area contributed by atoms with Gasteiger partial charge < -0.3 is 20.3 Å². The van der Waals surface area contributed by atoms with Crippen LogP contribution in [-0.2, 0) is 9.53 Å². The summed E-state index contributed by atoms with van der Waals surface area (Å²) in [4.78, 5) is 25.8. The van der Waals surface area contributed by atoms with Crippen LogP contribution in [0.4, 0.5) is 4.79 Å². The maximum Gasteiger partial charge on any atom is 0.315 e. The number of rotatable bonds is 6. The van der Waals surface area contributed by atoms with Crippen LogP contribution in [0.5, 0.6) is 0 Å². The lowest BCUT2D eigenvalue weighted by Gasteiger charge is -2.27. The van der Waals surface area contributed by atoms with Crippen LogP contribution in [-0.4, -0.2) is 55.7 Å². The van der Waals surface area contributed by atoms with E-state index in [9.17, 15) is 9.59 Å². The van der Waals surface area contributed by atoms with Gasteiger partial charge in [0.05, 0.1) is 13.2 Å². The summed E-state index contributed by atoms with van der Waals surface area (Å²) in [5.74, 6) is 0.274. The molecule has 1 aliphatic rings. The summed E-state index contributed by atoms with van der Waals surface area (Å²) in [6, 6.07) is 9.85. The van der Waals surface area contributed by atoms with Gasteiger partial charge >= 0.3 is 6.03 Å². The van der Waals surface area contributed by atoms with Gasteiger partial charge in [-0.2, -0.15) is 0 Å². The van der Waals surface area contributed by atoms with Crippen LogP contribution in [0.3, 0.4) is 0 Å². The normalized spacial score (nSPS) is 17.0. The molecule has 24 heavy (non-hydrogen) atoms. The predicted octanol–water partition coefficient (Wildman–Crippen LogP) is 1.73. The van der Waals surface area contributed by atoms with E-state index in [-0.39, 0.29) is 23.9 Å². The van der Waals surface area contributed by atoms with Crippen molar-refractivity contribution in [2.45, 2.75) is 32.2 Å². The van der Waals surface area contributed by atoms with Gasteiger partial charge in [0.1, 0.15) is 0 Å². The Balaban J connectivity index is 1.68. The Labute approximate surface area is 143 Å². The predicted molar refractivity (Wildman–Crippen MR) is 92.9 cm³/mol. The zero-order valence-corrected chi connectivity index (χ0v) is 14.5. The van der Waals surface area contributed by atoms with Crippen molar-refractivity contribution in [1.29, 1.82) is 0 Å². The van der Waals surface area contributed by atoms with Crippen LogP contribution >= 0.6 is 0 Å². The Kier molecular flexibility index (Phi) is 7.06. The molecule has 2 atom stereocenters. The van der Waals surface area contributed by atoms with Gasteiger partial charge in [0.15, 0.2) is 0 Å². The molecule has 1 heterocycles. The Morgan fingerprint density at radius 3 is 2.50 bits per heavy atom. The number of benzene rings is 1. The molecule has 3 amide bonds. The van der Waals surface area contributed by atoms with Crippen LogP contribution in [0.1, 0.15) is 31.7 Å². The second-order valence-electron chi connectivity index (χ2n) is 6.13. The van der Waals surface area contributed by atoms with E-state index in [0.717, 1.165) is 0 Å². The Morgan fingerprint density at radius 1 is 1.17 bits per heavy atom. The third-order valence-electron chi connectivity index (χ3n) is 4.42. The molecule has 1 aromatic carbocycles. The standard InChI is InChI=1S/C18H27N3O3/c1-14(16-6-4-3-5-7-16)15(2)20-18(23)19-9-8-17(22)21-10-12-24-13-11-21/h3-7,14-15H,8-13H2,1-2H3,(H2,19,20,23)/t14-,15-/m1/s1. The lowest BCUT2D eigenvalue weighted by Crippen LogP contribution is -2.45. The van der Waals surface area contributed by atoms with E-state index in [4.69, 9.17) is 4.74 Å². The van der Waals surface area contributed by atoms with Gasteiger partial charge in [-0.25, -0.2) is 4.79 Å².